The van der Waals surface area contributed by atoms with Gasteiger partial charge in [0.2, 0.25) is 0 Å². The molecule has 3 N–H and O–H groups in total. The van der Waals surface area contributed by atoms with E-state index in [1.807, 2.05) is 43.0 Å². The average Bonchev–Trinajstić information content (AvgIpc) is 2.43. The highest BCUT2D eigenvalue weighted by Crippen LogP contribution is 2.16. The number of urea groups is 1. The number of anilines is 1. The quantitative estimate of drug-likeness (QED) is 0.720. The second-order valence-electron chi connectivity index (χ2n) is 4.22. The Hall–Kier alpha value is -1.20. The first-order valence-electron chi connectivity index (χ1n) is 6.54. The van der Waals surface area contributed by atoms with E-state index in [1.165, 1.54) is 5.56 Å². The third-order valence-electron chi connectivity index (χ3n) is 2.71. The van der Waals surface area contributed by atoms with Gasteiger partial charge in [-0.3, -0.25) is 0 Å². The summed E-state index contributed by atoms with van der Waals surface area (Å²) in [4.78, 5) is 11.7. The number of rotatable bonds is 7. The van der Waals surface area contributed by atoms with Crippen LogP contribution in [0.5, 0.6) is 0 Å². The van der Waals surface area contributed by atoms with E-state index in [0.717, 1.165) is 17.2 Å². The fraction of sp³-hybridized carbons (Fsp3) is 0.500. The van der Waals surface area contributed by atoms with Crippen LogP contribution in [0.4, 0.5) is 10.5 Å². The Morgan fingerprint density at radius 3 is 2.84 bits per heavy atom. The first-order chi connectivity index (χ1) is 9.19. The molecule has 4 nitrogen and oxygen atoms in total. The van der Waals surface area contributed by atoms with Crippen LogP contribution in [0.2, 0.25) is 0 Å². The Balaban J connectivity index is 2.53. The molecule has 1 rings (SSSR count). The van der Waals surface area contributed by atoms with E-state index in [9.17, 15) is 4.79 Å². The van der Waals surface area contributed by atoms with Crippen LogP contribution in [-0.2, 0) is 5.75 Å². The monoisotopic (exact) mass is 282 g/mol. The predicted octanol–water partition coefficient (Wildman–Crippen LogP) is 2.83. The minimum Gasteiger partial charge on any atom is -0.394 e. The van der Waals surface area contributed by atoms with E-state index in [4.69, 9.17) is 5.11 Å². The predicted molar refractivity (Wildman–Crippen MR) is 81.6 cm³/mol. The smallest absolute Gasteiger partial charge is 0.319 e. The molecule has 0 saturated carbocycles. The Bertz CT molecular complexity index is 395. The van der Waals surface area contributed by atoms with Crippen LogP contribution in [0.25, 0.3) is 0 Å². The molecule has 1 unspecified atom stereocenters. The topological polar surface area (TPSA) is 61.4 Å². The summed E-state index contributed by atoms with van der Waals surface area (Å²) >= 11 is 1.85. The summed E-state index contributed by atoms with van der Waals surface area (Å²) in [7, 11) is 0. The molecule has 19 heavy (non-hydrogen) atoms. The molecule has 1 atom stereocenters. The van der Waals surface area contributed by atoms with Gasteiger partial charge < -0.3 is 15.7 Å². The van der Waals surface area contributed by atoms with Crippen LogP contribution in [0.3, 0.4) is 0 Å². The number of benzene rings is 1. The number of nitrogens with one attached hydrogen (secondary N) is 2. The number of amides is 2. The first-order valence-corrected chi connectivity index (χ1v) is 7.70. The highest BCUT2D eigenvalue weighted by atomic mass is 32.2. The maximum atomic E-state index is 11.7. The summed E-state index contributed by atoms with van der Waals surface area (Å²) in [5.74, 6) is 2.02. The molecule has 1 aromatic rings. The van der Waals surface area contributed by atoms with Crippen LogP contribution >= 0.6 is 11.8 Å². The lowest BCUT2D eigenvalue weighted by Crippen LogP contribution is -2.39. The van der Waals surface area contributed by atoms with Gasteiger partial charge in [-0.05, 0) is 29.9 Å². The standard InChI is InChI=1S/C14H22N2O2S/c1-3-12(9-17)15-14(18)16-13-7-5-6-11(8-13)10-19-4-2/h5-8,12,17H,3-4,9-10H2,1-2H3,(H2,15,16,18). The molecule has 106 valence electrons. The Kier molecular flexibility index (Phi) is 7.36. The first kappa shape index (κ1) is 15.9. The molecule has 2 amide bonds. The summed E-state index contributed by atoms with van der Waals surface area (Å²) in [5, 5.41) is 14.5. The van der Waals surface area contributed by atoms with Gasteiger partial charge >= 0.3 is 6.03 Å². The molecule has 0 radical (unpaired) electrons. The van der Waals surface area contributed by atoms with Crippen molar-refractivity contribution in [3.63, 3.8) is 0 Å². The SMILES string of the molecule is CCSCc1cccc(NC(=O)NC(CC)CO)c1. The highest BCUT2D eigenvalue weighted by molar-refractivity contribution is 7.98. The number of hydrogen-bond acceptors (Lipinski definition) is 3. The second kappa shape index (κ2) is 8.82. The summed E-state index contributed by atoms with van der Waals surface area (Å²) in [6.07, 6.45) is 0.705. The maximum Gasteiger partial charge on any atom is 0.319 e. The molecule has 0 aliphatic heterocycles. The molecule has 1 aromatic carbocycles. The molecule has 0 aliphatic rings. The summed E-state index contributed by atoms with van der Waals surface area (Å²) < 4.78 is 0. The molecule has 0 saturated heterocycles. The molecular weight excluding hydrogens is 260 g/mol. The Morgan fingerprint density at radius 2 is 2.21 bits per heavy atom. The molecule has 0 bridgehead atoms. The van der Waals surface area contributed by atoms with Gasteiger partial charge in [-0.1, -0.05) is 26.0 Å². The number of hydrogen-bond donors (Lipinski definition) is 3. The molecular formula is C14H22N2O2S. The van der Waals surface area contributed by atoms with Crippen molar-refractivity contribution in [1.29, 1.82) is 0 Å². The van der Waals surface area contributed by atoms with Gasteiger partial charge in [0.1, 0.15) is 0 Å². The molecule has 0 aromatic heterocycles. The molecule has 0 aliphatic carbocycles. The van der Waals surface area contributed by atoms with Crippen LogP contribution in [0.15, 0.2) is 24.3 Å². The van der Waals surface area contributed by atoms with Crippen molar-refractivity contribution in [3.05, 3.63) is 29.8 Å². The van der Waals surface area contributed by atoms with Crippen LogP contribution in [0.1, 0.15) is 25.8 Å². The van der Waals surface area contributed by atoms with Crippen molar-refractivity contribution in [2.75, 3.05) is 17.7 Å². The number of carbonyl (C=O) groups excluding carboxylic acids is 1. The van der Waals surface area contributed by atoms with Gasteiger partial charge in [0.05, 0.1) is 12.6 Å². The van der Waals surface area contributed by atoms with Gasteiger partial charge in [-0.2, -0.15) is 11.8 Å². The van der Waals surface area contributed by atoms with E-state index >= 15 is 0 Å². The van der Waals surface area contributed by atoms with Crippen molar-refractivity contribution < 1.29 is 9.90 Å². The lowest BCUT2D eigenvalue weighted by Gasteiger charge is -2.15. The number of aliphatic hydroxyl groups excluding tert-OH is 1. The molecule has 0 heterocycles. The van der Waals surface area contributed by atoms with Crippen molar-refractivity contribution in [3.8, 4) is 0 Å². The van der Waals surface area contributed by atoms with Gasteiger partial charge in [0, 0.05) is 11.4 Å². The largest absolute Gasteiger partial charge is 0.394 e. The molecule has 5 heteroatoms. The second-order valence-corrected chi connectivity index (χ2v) is 5.50. The lowest BCUT2D eigenvalue weighted by molar-refractivity contribution is 0.222. The number of carbonyl (C=O) groups is 1. The van der Waals surface area contributed by atoms with Crippen molar-refractivity contribution in [2.24, 2.45) is 0 Å². The van der Waals surface area contributed by atoms with E-state index in [-0.39, 0.29) is 18.7 Å². The zero-order valence-corrected chi connectivity index (χ0v) is 12.3. The van der Waals surface area contributed by atoms with Crippen LogP contribution < -0.4 is 10.6 Å². The minimum absolute atomic E-state index is 0.0445. The van der Waals surface area contributed by atoms with E-state index in [0.29, 0.717) is 6.42 Å². The third kappa shape index (κ3) is 5.98. The van der Waals surface area contributed by atoms with Crippen molar-refractivity contribution >= 4 is 23.5 Å². The maximum absolute atomic E-state index is 11.7. The molecule has 0 spiro atoms. The average molecular weight is 282 g/mol. The summed E-state index contributed by atoms with van der Waals surface area (Å²) in [5.41, 5.74) is 1.97. The van der Waals surface area contributed by atoms with Gasteiger partial charge in [0.15, 0.2) is 0 Å². The van der Waals surface area contributed by atoms with E-state index in [2.05, 4.69) is 17.6 Å². The minimum atomic E-state index is -0.277. The zero-order chi connectivity index (χ0) is 14.1. The van der Waals surface area contributed by atoms with Gasteiger partial charge in [0.25, 0.3) is 0 Å². The van der Waals surface area contributed by atoms with Gasteiger partial charge in [-0.15, -0.1) is 0 Å². The van der Waals surface area contributed by atoms with Crippen molar-refractivity contribution in [1.82, 2.24) is 5.32 Å². The van der Waals surface area contributed by atoms with E-state index in [1.54, 1.807) is 0 Å². The summed E-state index contributed by atoms with van der Waals surface area (Å²) in [6.45, 7) is 4.00. The third-order valence-corrected chi connectivity index (χ3v) is 3.65. The molecule has 0 fully saturated rings. The number of thioether (sulfide) groups is 1. The fourth-order valence-electron chi connectivity index (χ4n) is 1.59. The Labute approximate surface area is 119 Å². The number of aliphatic hydroxyl groups is 1. The van der Waals surface area contributed by atoms with Crippen LogP contribution in [-0.4, -0.2) is 29.5 Å². The van der Waals surface area contributed by atoms with E-state index < -0.39 is 0 Å². The van der Waals surface area contributed by atoms with Crippen LogP contribution in [0, 0.1) is 0 Å². The van der Waals surface area contributed by atoms with Crippen molar-refractivity contribution in [2.45, 2.75) is 32.1 Å². The normalized spacial score (nSPS) is 11.9. The highest BCUT2D eigenvalue weighted by Gasteiger charge is 2.09. The Morgan fingerprint density at radius 1 is 1.42 bits per heavy atom. The lowest BCUT2D eigenvalue weighted by atomic mass is 10.2. The zero-order valence-electron chi connectivity index (χ0n) is 11.5. The summed E-state index contributed by atoms with van der Waals surface area (Å²) in [6, 6.07) is 7.35. The van der Waals surface area contributed by atoms with Gasteiger partial charge in [-0.25, -0.2) is 4.79 Å². The fourth-order valence-corrected chi connectivity index (χ4v) is 2.21.